The van der Waals surface area contributed by atoms with Crippen molar-refractivity contribution in [2.24, 2.45) is 0 Å². The summed E-state index contributed by atoms with van der Waals surface area (Å²) in [7, 11) is 1.98. The van der Waals surface area contributed by atoms with E-state index in [1.54, 1.807) is 0 Å². The lowest BCUT2D eigenvalue weighted by molar-refractivity contribution is -0.160. The maximum absolute atomic E-state index is 13.2. The highest BCUT2D eigenvalue weighted by Crippen LogP contribution is 2.28. The third kappa shape index (κ3) is 22.7. The Balaban J connectivity index is 4.28. The first-order valence-electron chi connectivity index (χ1n) is 18.3. The zero-order valence-corrected chi connectivity index (χ0v) is 30.2. The van der Waals surface area contributed by atoms with E-state index in [2.05, 4.69) is 56.4 Å². The van der Waals surface area contributed by atoms with Crippen molar-refractivity contribution < 1.29 is 24.3 Å². The second-order valence-electron chi connectivity index (χ2n) is 12.4. The number of carbonyl (C=O) groups is 2. The van der Waals surface area contributed by atoms with Crippen molar-refractivity contribution in [3.05, 3.63) is 48.6 Å². The van der Waals surface area contributed by atoms with Crippen LogP contribution in [-0.2, 0) is 14.1 Å². The van der Waals surface area contributed by atoms with Gasteiger partial charge in [-0.3, -0.25) is 9.59 Å². The maximum Gasteiger partial charge on any atom is 0.215 e. The van der Waals surface area contributed by atoms with Gasteiger partial charge < -0.3 is 14.7 Å². The number of ketones is 2. The molecule has 0 aromatic rings. The average molecular weight is 649 g/mol. The van der Waals surface area contributed by atoms with E-state index < -0.39 is 29.9 Å². The zero-order valence-electron chi connectivity index (χ0n) is 29.1. The van der Waals surface area contributed by atoms with E-state index in [1.165, 1.54) is 83.5 Å². The van der Waals surface area contributed by atoms with Crippen molar-refractivity contribution in [3.8, 4) is 0 Å². The minimum Gasteiger partial charge on any atom is -0.394 e. The molecule has 0 aliphatic rings. The van der Waals surface area contributed by atoms with Gasteiger partial charge in [-0.1, -0.05) is 152 Å². The number of allylic oxidation sites excluding steroid dienone is 8. The molecule has 45 heavy (non-hydrogen) atoms. The summed E-state index contributed by atoms with van der Waals surface area (Å²) < 4.78 is 5.33. The van der Waals surface area contributed by atoms with Gasteiger partial charge in [-0.05, 0) is 51.4 Å². The molecule has 5 nitrogen and oxygen atoms in total. The highest BCUT2D eigenvalue weighted by molar-refractivity contribution is 7.10. The lowest BCUT2D eigenvalue weighted by Crippen LogP contribution is -2.57. The van der Waals surface area contributed by atoms with Crippen LogP contribution in [-0.4, -0.2) is 40.1 Å². The van der Waals surface area contributed by atoms with Crippen LogP contribution in [0.5, 0.6) is 0 Å². The first-order valence-corrected chi connectivity index (χ1v) is 18.8. The fourth-order valence-corrected chi connectivity index (χ4v) is 5.90. The van der Waals surface area contributed by atoms with Crippen LogP contribution in [0.2, 0.25) is 0 Å². The van der Waals surface area contributed by atoms with Crippen LogP contribution in [0.15, 0.2) is 48.6 Å². The van der Waals surface area contributed by atoms with Crippen molar-refractivity contribution in [3.63, 3.8) is 0 Å². The van der Waals surface area contributed by atoms with E-state index in [4.69, 9.17) is 4.52 Å². The lowest BCUT2D eigenvalue weighted by Gasteiger charge is -2.33. The largest absolute Gasteiger partial charge is 0.394 e. The van der Waals surface area contributed by atoms with Gasteiger partial charge in [-0.15, -0.1) is 0 Å². The Kier molecular flexibility index (Phi) is 31.5. The molecule has 3 unspecified atom stereocenters. The molecule has 0 rings (SSSR count). The molecule has 0 spiro atoms. The summed E-state index contributed by atoms with van der Waals surface area (Å²) in [4.78, 5) is 26.3. The Hall–Kier alpha value is -1.39. The number of hydrogen-bond donors (Lipinski definition) is 2. The SMILES string of the molecule is CCCCC/C=C\C/C=C\C/C=C\C/C=C\CCCC(=O)C(OP)(C(=O)CCCCCCCCCCCCCCC)C(O)CO. The molecule has 0 bridgehead atoms. The minimum atomic E-state index is -2.01. The van der Waals surface area contributed by atoms with Crippen LogP contribution >= 0.6 is 9.47 Å². The zero-order chi connectivity index (χ0) is 33.3. The van der Waals surface area contributed by atoms with Gasteiger partial charge in [0.15, 0.2) is 11.6 Å². The minimum absolute atomic E-state index is 0.105. The van der Waals surface area contributed by atoms with Crippen LogP contribution in [0.25, 0.3) is 0 Å². The molecule has 6 heteroatoms. The molecule has 0 amide bonds. The molecule has 0 heterocycles. The molecule has 2 N–H and O–H groups in total. The topological polar surface area (TPSA) is 83.8 Å². The highest BCUT2D eigenvalue weighted by atomic mass is 31.0. The Morgan fingerprint density at radius 1 is 0.578 bits per heavy atom. The number of hydrogen-bond acceptors (Lipinski definition) is 5. The molecule has 0 saturated carbocycles. The van der Waals surface area contributed by atoms with Gasteiger partial charge >= 0.3 is 0 Å². The van der Waals surface area contributed by atoms with Crippen molar-refractivity contribution in [1.29, 1.82) is 0 Å². The highest BCUT2D eigenvalue weighted by Gasteiger charge is 2.50. The monoisotopic (exact) mass is 648 g/mol. The first-order chi connectivity index (χ1) is 22.0. The van der Waals surface area contributed by atoms with Gasteiger partial charge in [0.25, 0.3) is 0 Å². The Morgan fingerprint density at radius 3 is 1.36 bits per heavy atom. The number of Topliss-reactive ketones (excluding diaryl/α,β-unsaturated/α-hetero) is 2. The van der Waals surface area contributed by atoms with Gasteiger partial charge in [0, 0.05) is 22.3 Å². The Bertz CT molecular complexity index is 818. The summed E-state index contributed by atoms with van der Waals surface area (Å²) >= 11 is 0. The summed E-state index contributed by atoms with van der Waals surface area (Å²) in [5.41, 5.74) is -2.01. The van der Waals surface area contributed by atoms with Gasteiger partial charge in [0.1, 0.15) is 6.10 Å². The van der Waals surface area contributed by atoms with Crippen molar-refractivity contribution >= 4 is 21.0 Å². The van der Waals surface area contributed by atoms with Gasteiger partial charge in [-0.25, -0.2) is 0 Å². The fraction of sp³-hybridized carbons (Fsp3) is 0.744. The molecule has 0 aliphatic carbocycles. The van der Waals surface area contributed by atoms with Crippen molar-refractivity contribution in [2.75, 3.05) is 6.61 Å². The number of aliphatic hydroxyl groups excluding tert-OH is 2. The van der Waals surface area contributed by atoms with Crippen LogP contribution < -0.4 is 0 Å². The lowest BCUT2D eigenvalue weighted by atomic mass is 9.83. The van der Waals surface area contributed by atoms with Gasteiger partial charge in [0.2, 0.25) is 5.60 Å². The summed E-state index contributed by atoms with van der Waals surface area (Å²) in [6.07, 6.45) is 40.6. The number of unbranched alkanes of at least 4 members (excludes halogenated alkanes) is 16. The van der Waals surface area contributed by atoms with Crippen LogP contribution in [0.3, 0.4) is 0 Å². The third-order valence-electron chi connectivity index (χ3n) is 8.40. The number of aliphatic hydroxyl groups is 2. The Morgan fingerprint density at radius 2 is 0.933 bits per heavy atom. The molecule has 0 radical (unpaired) electrons. The number of rotatable bonds is 33. The first kappa shape index (κ1) is 43.6. The summed E-state index contributed by atoms with van der Waals surface area (Å²) in [6, 6.07) is 0. The molecular formula is C39H69O5P. The molecule has 0 aromatic heterocycles. The maximum atomic E-state index is 13.2. The molecular weight excluding hydrogens is 579 g/mol. The Labute approximate surface area is 279 Å². The third-order valence-corrected chi connectivity index (χ3v) is 8.77. The summed E-state index contributed by atoms with van der Waals surface area (Å²) in [5, 5.41) is 20.1. The quantitative estimate of drug-likeness (QED) is 0.0320. The predicted octanol–water partition coefficient (Wildman–Crippen LogP) is 10.7. The number of carbonyl (C=O) groups excluding carboxylic acids is 2. The van der Waals surface area contributed by atoms with Crippen LogP contribution in [0.1, 0.15) is 168 Å². The van der Waals surface area contributed by atoms with E-state index in [0.717, 1.165) is 38.5 Å². The van der Waals surface area contributed by atoms with E-state index in [0.29, 0.717) is 19.3 Å². The van der Waals surface area contributed by atoms with Crippen molar-refractivity contribution in [1.82, 2.24) is 0 Å². The van der Waals surface area contributed by atoms with E-state index in [1.807, 2.05) is 15.5 Å². The predicted molar refractivity (Wildman–Crippen MR) is 195 cm³/mol. The summed E-state index contributed by atoms with van der Waals surface area (Å²) in [6.45, 7) is 3.77. The van der Waals surface area contributed by atoms with Crippen molar-refractivity contribution in [2.45, 2.75) is 180 Å². The van der Waals surface area contributed by atoms with Gasteiger partial charge in [0.05, 0.1) is 6.61 Å². The molecule has 0 saturated heterocycles. The standard InChI is InChI=1S/C39H69O5P/c1-3-5-7-9-11-13-15-17-18-19-20-22-24-26-28-30-32-34-37(42)39(44-45,38(43)35-40)36(41)33-31-29-27-25-23-21-16-14-12-10-8-6-4-2/h11,13,17-18,20,22,26,28,38,40,43H,3-10,12,14-16,19,21,23-25,27,29-35,45H2,1-2H3/b13-11-,18-17-,22-20-,28-26-. The second-order valence-corrected chi connectivity index (χ2v) is 12.6. The average Bonchev–Trinajstić information content (AvgIpc) is 3.05. The van der Waals surface area contributed by atoms with Gasteiger partial charge in [-0.2, -0.15) is 0 Å². The smallest absolute Gasteiger partial charge is 0.215 e. The van der Waals surface area contributed by atoms with E-state index in [9.17, 15) is 19.8 Å². The van der Waals surface area contributed by atoms with Crippen LogP contribution in [0, 0.1) is 0 Å². The molecule has 0 fully saturated rings. The second kappa shape index (κ2) is 32.5. The van der Waals surface area contributed by atoms with E-state index in [-0.39, 0.29) is 12.8 Å². The molecule has 260 valence electrons. The molecule has 3 atom stereocenters. The van der Waals surface area contributed by atoms with E-state index >= 15 is 0 Å². The molecule has 0 aliphatic heterocycles. The fourth-order valence-electron chi connectivity index (χ4n) is 5.48. The summed E-state index contributed by atoms with van der Waals surface area (Å²) in [5.74, 6) is -0.903. The van der Waals surface area contributed by atoms with Crippen LogP contribution in [0.4, 0.5) is 0 Å². The molecule has 0 aromatic carbocycles. The normalized spacial score (nSPS) is 14.3.